The van der Waals surface area contributed by atoms with Gasteiger partial charge >= 0.3 is 0 Å². The molecule has 176 valence electrons. The number of nitrogens with zero attached hydrogens (tertiary/aromatic N) is 2. The summed E-state index contributed by atoms with van der Waals surface area (Å²) in [6.45, 7) is 1.93. The number of hydrogen-bond donors (Lipinski definition) is 2. The van der Waals surface area contributed by atoms with Crippen molar-refractivity contribution in [2.45, 2.75) is 37.8 Å². The Morgan fingerprint density at radius 2 is 1.89 bits per heavy atom. The van der Waals surface area contributed by atoms with Crippen LogP contribution in [0.3, 0.4) is 0 Å². The van der Waals surface area contributed by atoms with Crippen LogP contribution in [0.4, 0.5) is 0 Å². The Morgan fingerprint density at radius 3 is 2.66 bits per heavy atom. The van der Waals surface area contributed by atoms with E-state index in [0.29, 0.717) is 19.3 Å². The molecule has 35 heavy (non-hydrogen) atoms. The van der Waals surface area contributed by atoms with E-state index in [0.717, 1.165) is 22.2 Å². The summed E-state index contributed by atoms with van der Waals surface area (Å²) in [5.41, 5.74) is 2.43. The summed E-state index contributed by atoms with van der Waals surface area (Å²) < 4.78 is 1.79. The zero-order valence-electron chi connectivity index (χ0n) is 19.6. The number of hydrogen-bond acceptors (Lipinski definition) is 3. The van der Waals surface area contributed by atoms with Gasteiger partial charge < -0.3 is 10.6 Å². The van der Waals surface area contributed by atoms with E-state index in [2.05, 4.69) is 46.1 Å². The van der Waals surface area contributed by atoms with Crippen molar-refractivity contribution in [3.63, 3.8) is 0 Å². The fraction of sp³-hybridized carbons (Fsp3) is 0.207. The third-order valence-electron chi connectivity index (χ3n) is 6.56. The minimum Gasteiger partial charge on any atom is -0.347 e. The van der Waals surface area contributed by atoms with E-state index in [-0.39, 0.29) is 17.9 Å². The second kappa shape index (κ2) is 9.58. The average molecular weight is 465 g/mol. The lowest BCUT2D eigenvalue weighted by Gasteiger charge is -2.26. The van der Waals surface area contributed by atoms with E-state index in [4.69, 9.17) is 0 Å². The standard InChI is InChI=1S/C29H28N4O2/c1-21(25-19-30-33(20-25)26-9-3-2-4-10-26)31-27(34)13-15-29(16-14-28(35)32-29)18-22-11-12-23-7-5-6-8-24(23)17-22/h2-13,15,17,19-21H,14,16,18H2,1H3,(H,31,34)(H,32,35). The molecule has 1 aliphatic heterocycles. The number of carbonyl (C=O) groups excluding carboxylic acids is 2. The van der Waals surface area contributed by atoms with E-state index in [9.17, 15) is 9.59 Å². The smallest absolute Gasteiger partial charge is 0.244 e. The van der Waals surface area contributed by atoms with Gasteiger partial charge in [-0.05, 0) is 48.2 Å². The Hall–Kier alpha value is -4.19. The van der Waals surface area contributed by atoms with E-state index in [1.807, 2.05) is 61.7 Å². The minimum atomic E-state index is -0.571. The Balaban J connectivity index is 1.28. The topological polar surface area (TPSA) is 76.0 Å². The van der Waals surface area contributed by atoms with Crippen molar-refractivity contribution in [3.05, 3.63) is 108 Å². The van der Waals surface area contributed by atoms with Gasteiger partial charge in [0.25, 0.3) is 0 Å². The summed E-state index contributed by atoms with van der Waals surface area (Å²) in [7, 11) is 0. The highest BCUT2D eigenvalue weighted by Crippen LogP contribution is 2.28. The molecule has 2 atom stereocenters. The number of para-hydroxylation sites is 1. The fourth-order valence-electron chi connectivity index (χ4n) is 4.63. The molecule has 1 saturated heterocycles. The van der Waals surface area contributed by atoms with Crippen LogP contribution in [0.25, 0.3) is 16.5 Å². The van der Waals surface area contributed by atoms with Crippen molar-refractivity contribution >= 4 is 22.6 Å². The zero-order valence-corrected chi connectivity index (χ0v) is 19.6. The molecule has 0 spiro atoms. The monoisotopic (exact) mass is 464 g/mol. The maximum absolute atomic E-state index is 12.8. The van der Waals surface area contributed by atoms with Gasteiger partial charge in [0.2, 0.25) is 11.8 Å². The molecule has 1 aliphatic rings. The maximum Gasteiger partial charge on any atom is 0.244 e. The van der Waals surface area contributed by atoms with Crippen molar-refractivity contribution in [2.24, 2.45) is 0 Å². The van der Waals surface area contributed by atoms with Crippen LogP contribution in [-0.2, 0) is 16.0 Å². The number of rotatable bonds is 7. The Morgan fingerprint density at radius 1 is 1.11 bits per heavy atom. The Bertz CT molecular complexity index is 1390. The Kier molecular flexibility index (Phi) is 6.19. The number of amides is 2. The summed E-state index contributed by atoms with van der Waals surface area (Å²) >= 11 is 0. The van der Waals surface area contributed by atoms with Crippen LogP contribution in [-0.4, -0.2) is 27.1 Å². The molecule has 5 rings (SSSR count). The van der Waals surface area contributed by atoms with Crippen molar-refractivity contribution < 1.29 is 9.59 Å². The third-order valence-corrected chi connectivity index (χ3v) is 6.56. The molecule has 2 unspecified atom stereocenters. The molecule has 1 fully saturated rings. The van der Waals surface area contributed by atoms with Crippen molar-refractivity contribution in [1.29, 1.82) is 0 Å². The van der Waals surface area contributed by atoms with Gasteiger partial charge in [-0.15, -0.1) is 0 Å². The largest absolute Gasteiger partial charge is 0.347 e. The van der Waals surface area contributed by atoms with Gasteiger partial charge in [0.1, 0.15) is 0 Å². The predicted octanol–water partition coefficient (Wildman–Crippen LogP) is 4.65. The van der Waals surface area contributed by atoms with Crippen molar-refractivity contribution in [1.82, 2.24) is 20.4 Å². The first-order valence-corrected chi connectivity index (χ1v) is 11.9. The first-order chi connectivity index (χ1) is 17.0. The number of aromatic nitrogens is 2. The second-order valence-electron chi connectivity index (χ2n) is 9.18. The van der Waals surface area contributed by atoms with E-state index < -0.39 is 5.54 Å². The van der Waals surface area contributed by atoms with E-state index in [1.54, 1.807) is 17.0 Å². The molecule has 3 aromatic carbocycles. The van der Waals surface area contributed by atoms with Crippen LogP contribution in [0.1, 0.15) is 36.9 Å². The number of benzene rings is 3. The molecule has 0 saturated carbocycles. The average Bonchev–Trinajstić information content (AvgIpc) is 3.51. The number of nitrogens with one attached hydrogen (secondary N) is 2. The molecule has 2 amide bonds. The molecule has 1 aromatic heterocycles. The maximum atomic E-state index is 12.8. The molecule has 2 N–H and O–H groups in total. The van der Waals surface area contributed by atoms with Gasteiger partial charge in [-0.2, -0.15) is 5.10 Å². The molecule has 0 radical (unpaired) electrons. The van der Waals surface area contributed by atoms with Gasteiger partial charge in [0.15, 0.2) is 0 Å². The molecular formula is C29H28N4O2. The lowest BCUT2D eigenvalue weighted by molar-refractivity contribution is -0.120. The first-order valence-electron chi connectivity index (χ1n) is 11.9. The van der Waals surface area contributed by atoms with Crippen LogP contribution < -0.4 is 10.6 Å². The van der Waals surface area contributed by atoms with E-state index >= 15 is 0 Å². The van der Waals surface area contributed by atoms with Crippen LogP contribution in [0.15, 0.2) is 97.3 Å². The molecule has 6 heteroatoms. The van der Waals surface area contributed by atoms with Gasteiger partial charge in [0, 0.05) is 24.3 Å². The lowest BCUT2D eigenvalue weighted by Crippen LogP contribution is -2.42. The van der Waals surface area contributed by atoms with Crippen LogP contribution in [0, 0.1) is 0 Å². The lowest BCUT2D eigenvalue weighted by atomic mass is 9.88. The second-order valence-corrected chi connectivity index (χ2v) is 9.18. The minimum absolute atomic E-state index is 0.0116. The normalized spacial score (nSPS) is 18.6. The summed E-state index contributed by atoms with van der Waals surface area (Å²) in [5, 5.41) is 12.9. The molecule has 0 aliphatic carbocycles. The third kappa shape index (κ3) is 5.17. The molecule has 2 heterocycles. The van der Waals surface area contributed by atoms with Gasteiger partial charge in [-0.25, -0.2) is 4.68 Å². The summed E-state index contributed by atoms with van der Waals surface area (Å²) in [6.07, 6.45) is 8.82. The highest BCUT2D eigenvalue weighted by Gasteiger charge is 2.35. The van der Waals surface area contributed by atoms with Crippen LogP contribution in [0.2, 0.25) is 0 Å². The van der Waals surface area contributed by atoms with Crippen LogP contribution in [0.5, 0.6) is 0 Å². The van der Waals surface area contributed by atoms with Gasteiger partial charge in [-0.1, -0.05) is 66.7 Å². The summed E-state index contributed by atoms with van der Waals surface area (Å²) in [4.78, 5) is 24.9. The number of fused-ring (bicyclic) bond motifs is 1. The van der Waals surface area contributed by atoms with Crippen molar-refractivity contribution in [2.75, 3.05) is 0 Å². The Labute approximate surface area is 204 Å². The number of carbonyl (C=O) groups is 2. The van der Waals surface area contributed by atoms with E-state index in [1.165, 1.54) is 5.39 Å². The first kappa shape index (κ1) is 22.6. The quantitative estimate of drug-likeness (QED) is 0.391. The van der Waals surface area contributed by atoms with Crippen LogP contribution >= 0.6 is 0 Å². The highest BCUT2D eigenvalue weighted by atomic mass is 16.2. The van der Waals surface area contributed by atoms with Gasteiger partial charge in [0.05, 0.1) is 23.5 Å². The highest BCUT2D eigenvalue weighted by molar-refractivity contribution is 5.89. The zero-order chi connectivity index (χ0) is 24.3. The summed E-state index contributed by atoms with van der Waals surface area (Å²) in [6, 6.07) is 24.2. The predicted molar refractivity (Wildman–Crippen MR) is 137 cm³/mol. The molecular weight excluding hydrogens is 436 g/mol. The van der Waals surface area contributed by atoms with Crippen molar-refractivity contribution in [3.8, 4) is 5.69 Å². The molecule has 6 nitrogen and oxygen atoms in total. The summed E-state index contributed by atoms with van der Waals surface area (Å²) in [5.74, 6) is -0.193. The SMILES string of the molecule is CC(NC(=O)C=CC1(Cc2ccc3ccccc3c2)CCC(=O)N1)c1cnn(-c2ccccc2)c1. The molecule has 0 bridgehead atoms. The van der Waals surface area contributed by atoms with Gasteiger partial charge in [-0.3, -0.25) is 9.59 Å². The molecule has 4 aromatic rings. The fourth-order valence-corrected chi connectivity index (χ4v) is 4.63.